The van der Waals surface area contributed by atoms with Crippen molar-refractivity contribution in [1.29, 1.82) is 0 Å². The third kappa shape index (κ3) is 2.85. The molecule has 4 rings (SSSR count). The van der Waals surface area contributed by atoms with Crippen LogP contribution in [0.3, 0.4) is 0 Å². The number of rotatable bonds is 3. The van der Waals surface area contributed by atoms with E-state index in [1.165, 1.54) is 0 Å². The van der Waals surface area contributed by atoms with Gasteiger partial charge in [0.25, 0.3) is 10.0 Å². The average molecular weight is 357 g/mol. The van der Waals surface area contributed by atoms with Gasteiger partial charge in [0, 0.05) is 11.3 Å². The number of amides is 1. The van der Waals surface area contributed by atoms with Gasteiger partial charge in [-0.2, -0.15) is 0 Å². The molecule has 25 heavy (non-hydrogen) atoms. The molecular formula is C17H15N3O4S. The molecule has 1 N–H and O–H groups in total. The summed E-state index contributed by atoms with van der Waals surface area (Å²) < 4.78 is 31.6. The van der Waals surface area contributed by atoms with Gasteiger partial charge in [-0.3, -0.25) is 14.6 Å². The van der Waals surface area contributed by atoms with E-state index in [1.807, 2.05) is 24.3 Å². The van der Waals surface area contributed by atoms with Crippen LogP contribution in [0.15, 0.2) is 58.4 Å². The van der Waals surface area contributed by atoms with Crippen LogP contribution in [-0.2, 0) is 21.3 Å². The number of fused-ring (bicyclic) bond motifs is 1. The summed E-state index contributed by atoms with van der Waals surface area (Å²) >= 11 is 0. The summed E-state index contributed by atoms with van der Waals surface area (Å²) in [4.78, 5) is 17.9. The van der Waals surface area contributed by atoms with Crippen LogP contribution in [0.1, 0.15) is 11.1 Å². The Morgan fingerprint density at radius 2 is 2.00 bits per heavy atom. The molecule has 8 heteroatoms. The number of ether oxygens (including phenoxy) is 1. The second-order valence-electron chi connectivity index (χ2n) is 5.70. The molecule has 2 aliphatic heterocycles. The third-order valence-corrected chi connectivity index (χ3v) is 5.46. The fourth-order valence-electron chi connectivity index (χ4n) is 2.87. The van der Waals surface area contributed by atoms with E-state index in [0.29, 0.717) is 31.1 Å². The lowest BCUT2D eigenvalue weighted by Crippen LogP contribution is -2.23. The van der Waals surface area contributed by atoms with Crippen LogP contribution < -0.4 is 9.62 Å². The highest BCUT2D eigenvalue weighted by atomic mass is 32.2. The average Bonchev–Trinajstić information content (AvgIpc) is 3.15. The Hall–Kier alpha value is -2.87. The van der Waals surface area contributed by atoms with Gasteiger partial charge in [0.2, 0.25) is 0 Å². The highest BCUT2D eigenvalue weighted by molar-refractivity contribution is 7.90. The summed E-state index contributed by atoms with van der Waals surface area (Å²) in [6.07, 6.45) is -0.360. The minimum Gasteiger partial charge on any atom is -0.447 e. The zero-order valence-electron chi connectivity index (χ0n) is 13.2. The van der Waals surface area contributed by atoms with E-state index in [0.717, 1.165) is 11.3 Å². The van der Waals surface area contributed by atoms with Crippen LogP contribution in [0.4, 0.5) is 10.5 Å². The normalized spacial score (nSPS) is 19.6. The quantitative estimate of drug-likeness (QED) is 0.908. The highest BCUT2D eigenvalue weighted by Crippen LogP contribution is 2.24. The van der Waals surface area contributed by atoms with Crippen LogP contribution in [0, 0.1) is 0 Å². The van der Waals surface area contributed by atoms with Gasteiger partial charge in [0.05, 0.1) is 18.0 Å². The van der Waals surface area contributed by atoms with E-state index in [9.17, 15) is 13.2 Å². The van der Waals surface area contributed by atoms with Crippen LogP contribution in [-0.4, -0.2) is 33.5 Å². The number of cyclic esters (lactones) is 1. The Labute approximate surface area is 145 Å². The van der Waals surface area contributed by atoms with Gasteiger partial charge < -0.3 is 4.74 Å². The summed E-state index contributed by atoms with van der Waals surface area (Å²) in [6, 6.07) is 14.1. The number of sulfonamides is 1. The first-order chi connectivity index (χ1) is 12.0. The molecule has 0 unspecified atom stereocenters. The number of hydrogen-bond donors (Lipinski definition) is 1. The monoisotopic (exact) mass is 357 g/mol. The van der Waals surface area contributed by atoms with E-state index in [2.05, 4.69) is 9.71 Å². The number of benzene rings is 2. The first kappa shape index (κ1) is 15.6. The molecule has 0 radical (unpaired) electrons. The molecule has 2 aromatic carbocycles. The third-order valence-electron chi connectivity index (χ3n) is 4.07. The molecule has 2 aliphatic rings. The maximum Gasteiger partial charge on any atom is 0.414 e. The molecule has 1 saturated heterocycles. The standard InChI is InChI=1S/C17H15N3O4S/c21-17-20(8-9-24-17)13-5-3-4-12(10-13)11-18-16-14-6-1-2-7-15(14)25(22,23)19-16/h1-7,10H,8-9,11H2,(H,18,19). The molecule has 0 spiro atoms. The lowest BCUT2D eigenvalue weighted by Gasteiger charge is -2.13. The molecule has 2 heterocycles. The van der Waals surface area contributed by atoms with Gasteiger partial charge >= 0.3 is 6.09 Å². The lowest BCUT2D eigenvalue weighted by atomic mass is 10.2. The highest BCUT2D eigenvalue weighted by Gasteiger charge is 2.30. The van der Waals surface area contributed by atoms with Gasteiger partial charge in [-0.25, -0.2) is 13.2 Å². The number of anilines is 1. The summed E-state index contributed by atoms with van der Waals surface area (Å²) in [5.74, 6) is 0.335. The summed E-state index contributed by atoms with van der Waals surface area (Å²) in [6.45, 7) is 1.19. The maximum absolute atomic E-state index is 12.1. The summed E-state index contributed by atoms with van der Waals surface area (Å²) in [7, 11) is -3.54. The van der Waals surface area contributed by atoms with Crippen LogP contribution in [0.2, 0.25) is 0 Å². The van der Waals surface area contributed by atoms with Crippen molar-refractivity contribution in [1.82, 2.24) is 4.72 Å². The SMILES string of the molecule is O=C1OCCN1c1cccc(CN=C2NS(=O)(=O)c3ccccc32)c1. The fourth-order valence-corrected chi connectivity index (χ4v) is 4.12. The first-order valence-electron chi connectivity index (χ1n) is 7.74. The minimum absolute atomic E-state index is 0.238. The van der Waals surface area contributed by atoms with Gasteiger partial charge in [-0.05, 0) is 29.8 Å². The van der Waals surface area contributed by atoms with Crippen molar-refractivity contribution in [2.24, 2.45) is 4.99 Å². The van der Waals surface area contributed by atoms with Crippen molar-refractivity contribution in [3.63, 3.8) is 0 Å². The van der Waals surface area contributed by atoms with Crippen molar-refractivity contribution in [2.75, 3.05) is 18.1 Å². The zero-order chi connectivity index (χ0) is 17.4. The van der Waals surface area contributed by atoms with Gasteiger partial charge in [-0.1, -0.05) is 24.3 Å². The molecule has 0 bridgehead atoms. The van der Waals surface area contributed by atoms with Gasteiger partial charge in [0.1, 0.15) is 12.4 Å². The number of nitrogens with one attached hydrogen (secondary N) is 1. The minimum atomic E-state index is -3.54. The molecular weight excluding hydrogens is 342 g/mol. The molecule has 0 atom stereocenters. The predicted molar refractivity (Wildman–Crippen MR) is 92.1 cm³/mol. The van der Waals surface area contributed by atoms with E-state index >= 15 is 0 Å². The van der Waals surface area contributed by atoms with E-state index in [4.69, 9.17) is 4.74 Å². The Morgan fingerprint density at radius 1 is 1.16 bits per heavy atom. The van der Waals surface area contributed by atoms with Gasteiger partial charge in [-0.15, -0.1) is 0 Å². The second-order valence-corrected chi connectivity index (χ2v) is 7.35. The number of hydrogen-bond acceptors (Lipinski definition) is 5. The first-order valence-corrected chi connectivity index (χ1v) is 9.23. The van der Waals surface area contributed by atoms with Crippen molar-refractivity contribution in [2.45, 2.75) is 11.4 Å². The molecule has 1 fully saturated rings. The van der Waals surface area contributed by atoms with Crippen LogP contribution >= 0.6 is 0 Å². The number of amidine groups is 1. The second kappa shape index (κ2) is 5.89. The summed E-state index contributed by atoms with van der Waals surface area (Å²) in [5, 5.41) is 0. The van der Waals surface area contributed by atoms with Crippen LogP contribution in [0.25, 0.3) is 0 Å². The smallest absolute Gasteiger partial charge is 0.414 e. The van der Waals surface area contributed by atoms with Crippen molar-refractivity contribution in [3.05, 3.63) is 59.7 Å². The Morgan fingerprint density at radius 3 is 2.80 bits per heavy atom. The Balaban J connectivity index is 1.60. The maximum atomic E-state index is 12.1. The lowest BCUT2D eigenvalue weighted by molar-refractivity contribution is 0.181. The topological polar surface area (TPSA) is 88.1 Å². The van der Waals surface area contributed by atoms with Crippen molar-refractivity contribution >= 4 is 27.6 Å². The Kier molecular flexibility index (Phi) is 3.69. The molecule has 0 aromatic heterocycles. The summed E-state index contributed by atoms with van der Waals surface area (Å²) in [5.41, 5.74) is 2.18. The molecule has 7 nitrogen and oxygen atoms in total. The molecule has 2 aromatic rings. The Bertz CT molecular complexity index is 985. The zero-order valence-corrected chi connectivity index (χ0v) is 14.0. The van der Waals surface area contributed by atoms with Gasteiger partial charge in [0.15, 0.2) is 0 Å². The number of carbonyl (C=O) groups is 1. The largest absolute Gasteiger partial charge is 0.447 e. The predicted octanol–water partition coefficient (Wildman–Crippen LogP) is 1.88. The number of nitrogens with zero attached hydrogens (tertiary/aromatic N) is 2. The number of aliphatic imine (C=N–C) groups is 1. The molecule has 0 aliphatic carbocycles. The van der Waals surface area contributed by atoms with Crippen LogP contribution in [0.5, 0.6) is 0 Å². The number of carbonyl (C=O) groups excluding carboxylic acids is 1. The molecule has 0 saturated carbocycles. The van der Waals surface area contributed by atoms with E-state index < -0.39 is 10.0 Å². The molecule has 128 valence electrons. The van der Waals surface area contributed by atoms with Crippen molar-refractivity contribution < 1.29 is 17.9 Å². The van der Waals surface area contributed by atoms with E-state index in [1.54, 1.807) is 29.2 Å². The fraction of sp³-hybridized carbons (Fsp3) is 0.176. The molecule has 1 amide bonds. The van der Waals surface area contributed by atoms with Crippen molar-refractivity contribution in [3.8, 4) is 0 Å². The van der Waals surface area contributed by atoms with E-state index in [-0.39, 0.29) is 11.0 Å².